The van der Waals surface area contributed by atoms with Crippen LogP contribution in [0.2, 0.25) is 5.02 Å². The maximum atomic E-state index is 12.4. The predicted octanol–water partition coefficient (Wildman–Crippen LogP) is 3.38. The summed E-state index contributed by atoms with van der Waals surface area (Å²) in [5.74, 6) is 0.370. The number of benzene rings is 1. The molecule has 2 rings (SSSR count). The van der Waals surface area contributed by atoms with Gasteiger partial charge in [0.1, 0.15) is 11.8 Å². The van der Waals surface area contributed by atoms with Gasteiger partial charge in [-0.15, -0.1) is 0 Å². The number of halogens is 1. The smallest absolute Gasteiger partial charge is 0.242 e. The number of rotatable bonds is 7. The molecule has 128 valence electrons. The quantitative estimate of drug-likeness (QED) is 0.834. The Morgan fingerprint density at radius 2 is 1.96 bits per heavy atom. The van der Waals surface area contributed by atoms with E-state index < -0.39 is 6.04 Å². The molecule has 0 aliphatic carbocycles. The van der Waals surface area contributed by atoms with Crippen molar-refractivity contribution in [2.24, 2.45) is 0 Å². The highest BCUT2D eigenvalue weighted by Crippen LogP contribution is 2.14. The van der Waals surface area contributed by atoms with Gasteiger partial charge in [0.2, 0.25) is 11.8 Å². The standard InChI is InChI=1S/C18H21ClN2O3/c1-3-17(22)21(12-14-6-8-15(19)9-7-14)13(2)18(23)20-11-16-5-4-10-24-16/h4-10,13H,3,11-12H2,1-2H3,(H,20,23)/t13-/m0/s1. The van der Waals surface area contributed by atoms with Crippen molar-refractivity contribution in [3.05, 3.63) is 59.0 Å². The first-order valence-corrected chi connectivity index (χ1v) is 8.23. The molecule has 0 aliphatic heterocycles. The van der Waals surface area contributed by atoms with Crippen molar-refractivity contribution >= 4 is 23.4 Å². The summed E-state index contributed by atoms with van der Waals surface area (Å²) in [6, 6.07) is 10.2. The molecule has 2 amide bonds. The molecule has 24 heavy (non-hydrogen) atoms. The lowest BCUT2D eigenvalue weighted by atomic mass is 10.1. The molecule has 1 aromatic carbocycles. The zero-order chi connectivity index (χ0) is 17.5. The highest BCUT2D eigenvalue weighted by atomic mass is 35.5. The van der Waals surface area contributed by atoms with Crippen molar-refractivity contribution in [1.82, 2.24) is 10.2 Å². The summed E-state index contributed by atoms with van der Waals surface area (Å²) < 4.78 is 5.19. The lowest BCUT2D eigenvalue weighted by molar-refractivity contribution is -0.140. The maximum absolute atomic E-state index is 12.4. The summed E-state index contributed by atoms with van der Waals surface area (Å²) in [5.41, 5.74) is 0.923. The molecule has 6 heteroatoms. The van der Waals surface area contributed by atoms with Crippen molar-refractivity contribution < 1.29 is 14.0 Å². The number of furan rings is 1. The highest BCUT2D eigenvalue weighted by Gasteiger charge is 2.25. The monoisotopic (exact) mass is 348 g/mol. The van der Waals surface area contributed by atoms with Crippen LogP contribution in [0.25, 0.3) is 0 Å². The summed E-state index contributed by atoms with van der Waals surface area (Å²) in [5, 5.41) is 3.43. The van der Waals surface area contributed by atoms with E-state index in [4.69, 9.17) is 16.0 Å². The Kier molecular flexibility index (Phi) is 6.44. The summed E-state index contributed by atoms with van der Waals surface area (Å²) in [6.45, 7) is 4.16. The molecule has 0 unspecified atom stereocenters. The fourth-order valence-corrected chi connectivity index (χ4v) is 2.43. The zero-order valence-electron chi connectivity index (χ0n) is 13.8. The summed E-state index contributed by atoms with van der Waals surface area (Å²) in [4.78, 5) is 26.2. The molecule has 0 spiro atoms. The Hall–Kier alpha value is -2.27. The van der Waals surface area contributed by atoms with Gasteiger partial charge in [-0.2, -0.15) is 0 Å². The summed E-state index contributed by atoms with van der Waals surface area (Å²) >= 11 is 5.89. The van der Waals surface area contributed by atoms with E-state index in [1.165, 1.54) is 0 Å². The molecule has 0 saturated heterocycles. The van der Waals surface area contributed by atoms with E-state index in [0.717, 1.165) is 5.56 Å². The third-order valence-electron chi connectivity index (χ3n) is 3.75. The molecule has 1 N–H and O–H groups in total. The average Bonchev–Trinajstić information content (AvgIpc) is 3.11. The summed E-state index contributed by atoms with van der Waals surface area (Å²) in [6.07, 6.45) is 1.89. The number of nitrogens with zero attached hydrogens (tertiary/aromatic N) is 1. The molecular weight excluding hydrogens is 328 g/mol. The van der Waals surface area contributed by atoms with Crippen LogP contribution >= 0.6 is 11.6 Å². The first-order chi connectivity index (χ1) is 11.5. The lowest BCUT2D eigenvalue weighted by Gasteiger charge is -2.28. The second kappa shape index (κ2) is 8.55. The number of hydrogen-bond donors (Lipinski definition) is 1. The van der Waals surface area contributed by atoms with E-state index in [2.05, 4.69) is 5.32 Å². The zero-order valence-corrected chi connectivity index (χ0v) is 14.5. The van der Waals surface area contributed by atoms with Gasteiger partial charge in [-0.05, 0) is 36.8 Å². The van der Waals surface area contributed by atoms with Crippen molar-refractivity contribution in [3.63, 3.8) is 0 Å². The van der Waals surface area contributed by atoms with Gasteiger partial charge in [0.25, 0.3) is 0 Å². The number of nitrogens with one attached hydrogen (secondary N) is 1. The number of hydrogen-bond acceptors (Lipinski definition) is 3. The van der Waals surface area contributed by atoms with Crippen LogP contribution in [0.3, 0.4) is 0 Å². The average molecular weight is 349 g/mol. The van der Waals surface area contributed by atoms with Gasteiger partial charge in [0.15, 0.2) is 0 Å². The van der Waals surface area contributed by atoms with Gasteiger partial charge in [0, 0.05) is 18.0 Å². The molecule has 2 aromatic rings. The largest absolute Gasteiger partial charge is 0.467 e. The second-order valence-corrected chi connectivity index (χ2v) is 5.91. The van der Waals surface area contributed by atoms with E-state index in [0.29, 0.717) is 30.3 Å². The number of carbonyl (C=O) groups excluding carboxylic acids is 2. The number of amides is 2. The van der Waals surface area contributed by atoms with E-state index >= 15 is 0 Å². The van der Waals surface area contributed by atoms with Crippen molar-refractivity contribution in [3.8, 4) is 0 Å². The van der Waals surface area contributed by atoms with Gasteiger partial charge in [-0.25, -0.2) is 0 Å². The van der Waals surface area contributed by atoms with Crippen LogP contribution in [-0.2, 0) is 22.7 Å². The normalized spacial score (nSPS) is 11.8. The predicted molar refractivity (Wildman–Crippen MR) is 92.3 cm³/mol. The topological polar surface area (TPSA) is 62.6 Å². The third kappa shape index (κ3) is 4.86. The van der Waals surface area contributed by atoms with E-state index in [-0.39, 0.29) is 11.8 Å². The molecule has 0 bridgehead atoms. The Bertz CT molecular complexity index is 668. The summed E-state index contributed by atoms with van der Waals surface area (Å²) in [7, 11) is 0. The van der Waals surface area contributed by atoms with E-state index in [1.807, 2.05) is 12.1 Å². The lowest BCUT2D eigenvalue weighted by Crippen LogP contribution is -2.47. The Morgan fingerprint density at radius 3 is 2.54 bits per heavy atom. The van der Waals surface area contributed by atoms with Gasteiger partial charge < -0.3 is 14.6 Å². The van der Waals surface area contributed by atoms with E-state index in [1.54, 1.807) is 49.3 Å². The van der Waals surface area contributed by atoms with E-state index in [9.17, 15) is 9.59 Å². The molecule has 1 aromatic heterocycles. The van der Waals surface area contributed by atoms with Crippen LogP contribution in [0.4, 0.5) is 0 Å². The highest BCUT2D eigenvalue weighted by molar-refractivity contribution is 6.30. The maximum Gasteiger partial charge on any atom is 0.242 e. The van der Waals surface area contributed by atoms with Crippen LogP contribution < -0.4 is 5.32 Å². The fraction of sp³-hybridized carbons (Fsp3) is 0.333. The minimum atomic E-state index is -0.580. The Balaban J connectivity index is 2.03. The second-order valence-electron chi connectivity index (χ2n) is 5.47. The van der Waals surface area contributed by atoms with Gasteiger partial charge in [-0.1, -0.05) is 30.7 Å². The molecule has 0 aliphatic rings. The SMILES string of the molecule is CCC(=O)N(Cc1ccc(Cl)cc1)[C@@H](C)C(=O)NCc1ccco1. The molecule has 0 radical (unpaired) electrons. The molecule has 1 heterocycles. The van der Waals surface area contributed by atoms with Crippen LogP contribution in [0.15, 0.2) is 47.1 Å². The number of carbonyl (C=O) groups is 2. The Morgan fingerprint density at radius 1 is 1.25 bits per heavy atom. The molecule has 0 saturated carbocycles. The minimum Gasteiger partial charge on any atom is -0.467 e. The first kappa shape index (κ1) is 18.1. The Labute approximate surface area is 146 Å². The molecule has 1 atom stereocenters. The van der Waals surface area contributed by atoms with Gasteiger partial charge in [-0.3, -0.25) is 9.59 Å². The van der Waals surface area contributed by atoms with Crippen molar-refractivity contribution in [2.75, 3.05) is 0 Å². The van der Waals surface area contributed by atoms with Gasteiger partial charge >= 0.3 is 0 Å². The molecular formula is C18H21ClN2O3. The third-order valence-corrected chi connectivity index (χ3v) is 4.00. The molecule has 5 nitrogen and oxygen atoms in total. The molecule has 0 fully saturated rings. The first-order valence-electron chi connectivity index (χ1n) is 7.85. The van der Waals surface area contributed by atoms with Crippen LogP contribution in [0.1, 0.15) is 31.6 Å². The van der Waals surface area contributed by atoms with Crippen molar-refractivity contribution in [2.45, 2.75) is 39.4 Å². The van der Waals surface area contributed by atoms with Crippen LogP contribution in [0, 0.1) is 0 Å². The van der Waals surface area contributed by atoms with Crippen LogP contribution in [-0.4, -0.2) is 22.8 Å². The van der Waals surface area contributed by atoms with Crippen molar-refractivity contribution in [1.29, 1.82) is 0 Å². The van der Waals surface area contributed by atoms with Crippen LogP contribution in [0.5, 0.6) is 0 Å². The fourth-order valence-electron chi connectivity index (χ4n) is 2.31. The van der Waals surface area contributed by atoms with Gasteiger partial charge in [0.05, 0.1) is 12.8 Å². The minimum absolute atomic E-state index is 0.0781.